The number of phosphoric acid groups is 2. The molecule has 1 aliphatic rings. The van der Waals surface area contributed by atoms with E-state index in [9.17, 15) is 34.0 Å². The number of hydrogen-bond acceptors (Lipinski definition) is 15. The Hall–Kier alpha value is -3.49. The van der Waals surface area contributed by atoms with Gasteiger partial charge in [0.1, 0.15) is 18.3 Å². The van der Waals surface area contributed by atoms with Gasteiger partial charge in [-0.1, -0.05) is 0 Å². The zero-order valence-electron chi connectivity index (χ0n) is 22.4. The van der Waals surface area contributed by atoms with Gasteiger partial charge in [-0.2, -0.15) is 9.29 Å². The fourth-order valence-electron chi connectivity index (χ4n) is 4.35. The van der Waals surface area contributed by atoms with E-state index in [0.717, 1.165) is 17.0 Å². The summed E-state index contributed by atoms with van der Waals surface area (Å²) in [6.07, 6.45) is -6.78. The second-order valence-corrected chi connectivity index (χ2v) is 11.7. The maximum absolute atomic E-state index is 12.4. The quantitative estimate of drug-likeness (QED) is 0.0868. The first-order valence-electron chi connectivity index (χ1n) is 11.9. The van der Waals surface area contributed by atoms with Crippen LogP contribution in [0.4, 0.5) is 11.6 Å². The monoisotopic (exact) mass is 652 g/mol. The van der Waals surface area contributed by atoms with Gasteiger partial charge >= 0.3 is 15.6 Å². The molecule has 3 heterocycles. The predicted molar refractivity (Wildman–Crippen MR) is 141 cm³/mol. The number of nitrogens with two attached hydrogens (primary N) is 1. The zero-order valence-corrected chi connectivity index (χ0v) is 24.2. The van der Waals surface area contributed by atoms with Gasteiger partial charge in [-0.05, 0) is 13.0 Å². The lowest BCUT2D eigenvalue weighted by Gasteiger charge is -2.24. The third-order valence-corrected chi connectivity index (χ3v) is 8.36. The molecular formula is C20H26N6O15P2. The molecule has 1 fully saturated rings. The van der Waals surface area contributed by atoms with Crippen molar-refractivity contribution in [3.63, 3.8) is 0 Å². The topological polar surface area (TPSA) is 303 Å². The number of aliphatic hydroxyl groups is 1. The first-order chi connectivity index (χ1) is 20.0. The molecule has 4 rings (SSSR count). The van der Waals surface area contributed by atoms with Crippen LogP contribution in [0.5, 0.6) is 11.5 Å². The Morgan fingerprint density at radius 1 is 1.23 bits per heavy atom. The molecule has 2 aromatic heterocycles. The minimum Gasteiger partial charge on any atom is -0.493 e. The highest BCUT2D eigenvalue weighted by atomic mass is 31.3. The summed E-state index contributed by atoms with van der Waals surface area (Å²) in [6, 6.07) is 2.43. The van der Waals surface area contributed by atoms with Crippen LogP contribution >= 0.6 is 15.6 Å². The van der Waals surface area contributed by atoms with E-state index in [2.05, 4.69) is 19.3 Å². The molecule has 6 atom stereocenters. The standard InChI is InChI=1S/C20H26N6O15P2/c1-8(9-4-11(36-2)12(37-3)5-10(9)26(29)30)38-6-13-16(40-43(34,35)41-42(31,32)33)15(27)19(39-13)25-7-22-14-17(25)23-20(21)24-18(14)28/h4-5,7-8,13,15-16,19,27H,6H2,1-3H3,(H,34,35)(H2,31,32,33)(H3,21,23,24,28)/t8?,13-,15-,16-,19-/m1/s1. The van der Waals surface area contributed by atoms with Crippen molar-refractivity contribution in [1.82, 2.24) is 19.5 Å². The largest absolute Gasteiger partial charge is 0.493 e. The Bertz CT molecular complexity index is 1670. The van der Waals surface area contributed by atoms with Crippen molar-refractivity contribution >= 4 is 38.4 Å². The lowest BCUT2D eigenvalue weighted by atomic mass is 10.1. The van der Waals surface area contributed by atoms with Crippen LogP contribution in [-0.2, 0) is 27.4 Å². The molecule has 1 aromatic carbocycles. The predicted octanol–water partition coefficient (Wildman–Crippen LogP) is 0.258. The normalized spacial score (nSPS) is 22.8. The van der Waals surface area contributed by atoms with Gasteiger partial charge in [0.2, 0.25) is 5.95 Å². The number of ether oxygens (including phenoxy) is 4. The highest BCUT2D eigenvalue weighted by Gasteiger charge is 2.50. The fourth-order valence-corrected chi connectivity index (χ4v) is 6.14. The number of anilines is 1. The second kappa shape index (κ2) is 12.2. The van der Waals surface area contributed by atoms with Crippen molar-refractivity contribution in [2.45, 2.75) is 37.6 Å². The Labute approximate surface area is 240 Å². The minimum absolute atomic E-state index is 0.0346. The van der Waals surface area contributed by atoms with E-state index in [-0.39, 0.29) is 34.2 Å². The van der Waals surface area contributed by atoms with Gasteiger partial charge < -0.3 is 44.5 Å². The van der Waals surface area contributed by atoms with E-state index in [1.807, 2.05) is 0 Å². The second-order valence-electron chi connectivity index (χ2n) is 8.94. The number of methoxy groups -OCH3 is 2. The van der Waals surface area contributed by atoms with Crippen molar-refractivity contribution in [1.29, 1.82) is 0 Å². The number of H-pyrrole nitrogens is 1. The number of nitro benzene ring substituents is 1. The molecule has 0 radical (unpaired) electrons. The van der Waals surface area contributed by atoms with Crippen molar-refractivity contribution in [3.05, 3.63) is 44.5 Å². The van der Waals surface area contributed by atoms with Crippen LogP contribution < -0.4 is 20.8 Å². The maximum atomic E-state index is 12.4. The molecule has 23 heteroatoms. The number of rotatable bonds is 12. The van der Waals surface area contributed by atoms with Gasteiger partial charge in [-0.25, -0.2) is 14.1 Å². The zero-order chi connectivity index (χ0) is 31.9. The summed E-state index contributed by atoms with van der Waals surface area (Å²) < 4.78 is 55.3. The van der Waals surface area contributed by atoms with E-state index in [0.29, 0.717) is 0 Å². The molecule has 0 saturated carbocycles. The summed E-state index contributed by atoms with van der Waals surface area (Å²) in [4.78, 5) is 61.4. The number of nitrogens with one attached hydrogen (secondary N) is 1. The van der Waals surface area contributed by atoms with Gasteiger partial charge in [0.15, 0.2) is 28.9 Å². The van der Waals surface area contributed by atoms with E-state index in [1.54, 1.807) is 0 Å². The average Bonchev–Trinajstić information content (AvgIpc) is 3.45. The Morgan fingerprint density at radius 3 is 2.49 bits per heavy atom. The van der Waals surface area contributed by atoms with Crippen molar-refractivity contribution in [2.75, 3.05) is 26.6 Å². The lowest BCUT2D eigenvalue weighted by molar-refractivity contribution is -0.386. The number of nitrogen functional groups attached to an aromatic ring is 1. The molecule has 2 unspecified atom stereocenters. The minimum atomic E-state index is -5.55. The van der Waals surface area contributed by atoms with Crippen LogP contribution in [0.1, 0.15) is 24.8 Å². The van der Waals surface area contributed by atoms with Gasteiger partial charge in [-0.15, -0.1) is 0 Å². The third kappa shape index (κ3) is 7.02. The molecule has 0 bridgehead atoms. The van der Waals surface area contributed by atoms with Gasteiger partial charge in [0.25, 0.3) is 11.2 Å². The number of aromatic amines is 1. The maximum Gasteiger partial charge on any atom is 0.481 e. The van der Waals surface area contributed by atoms with Crippen LogP contribution in [-0.4, -0.2) is 83.4 Å². The average molecular weight is 652 g/mol. The van der Waals surface area contributed by atoms with Crippen LogP contribution in [0.2, 0.25) is 0 Å². The van der Waals surface area contributed by atoms with Crippen molar-refractivity contribution in [3.8, 4) is 11.5 Å². The SMILES string of the molecule is COc1cc(C(C)OC[C@H]2O[C@@H](n3cnc4c(=O)[nH]c(N)nc43)[C@H](O)[C@@H]2OP(=O)(O)OP(=O)(O)O)c([N+](=O)[O-])cc1OC. The van der Waals surface area contributed by atoms with E-state index < -0.39 is 69.1 Å². The number of hydrogen-bond donors (Lipinski definition) is 6. The summed E-state index contributed by atoms with van der Waals surface area (Å²) >= 11 is 0. The van der Waals surface area contributed by atoms with Crippen LogP contribution in [0.15, 0.2) is 23.3 Å². The lowest BCUT2D eigenvalue weighted by Crippen LogP contribution is -2.36. The highest BCUT2D eigenvalue weighted by molar-refractivity contribution is 7.60. The number of nitro groups is 1. The van der Waals surface area contributed by atoms with Gasteiger partial charge in [0, 0.05) is 0 Å². The van der Waals surface area contributed by atoms with Crippen LogP contribution in [0.25, 0.3) is 11.2 Å². The van der Waals surface area contributed by atoms with Gasteiger partial charge in [-0.3, -0.25) is 29.0 Å². The van der Waals surface area contributed by atoms with E-state index >= 15 is 0 Å². The Balaban J connectivity index is 1.67. The summed E-state index contributed by atoms with van der Waals surface area (Å²) in [6.45, 7) is 0.854. The number of imidazole rings is 1. The van der Waals surface area contributed by atoms with Crippen LogP contribution in [0, 0.1) is 10.1 Å². The first-order valence-corrected chi connectivity index (χ1v) is 14.9. The highest BCUT2D eigenvalue weighted by Crippen LogP contribution is 2.59. The Kier molecular flexibility index (Phi) is 9.24. The van der Waals surface area contributed by atoms with E-state index in [1.165, 1.54) is 27.2 Å². The van der Waals surface area contributed by atoms with Crippen molar-refractivity contribution in [2.24, 2.45) is 0 Å². The number of phosphoric ester groups is 1. The molecule has 236 valence electrons. The first kappa shape index (κ1) is 32.4. The molecule has 7 N–H and O–H groups in total. The molecular weight excluding hydrogens is 626 g/mol. The number of aliphatic hydroxyl groups excluding tert-OH is 1. The molecule has 1 saturated heterocycles. The molecule has 1 aliphatic heterocycles. The summed E-state index contributed by atoms with van der Waals surface area (Å²) in [7, 11) is -8.48. The molecule has 3 aromatic rings. The number of benzene rings is 1. The van der Waals surface area contributed by atoms with Gasteiger partial charge in [0.05, 0.1) is 49.8 Å². The van der Waals surface area contributed by atoms with Crippen molar-refractivity contribution < 1.29 is 61.6 Å². The third-order valence-electron chi connectivity index (χ3n) is 6.18. The summed E-state index contributed by atoms with van der Waals surface area (Å²) in [5.41, 5.74) is 4.18. The molecule has 43 heavy (non-hydrogen) atoms. The molecule has 0 aliphatic carbocycles. The summed E-state index contributed by atoms with van der Waals surface area (Å²) in [5.74, 6) is -0.0790. The smallest absolute Gasteiger partial charge is 0.481 e. The molecule has 0 amide bonds. The molecule has 0 spiro atoms. The number of nitrogens with zero attached hydrogens (tertiary/aromatic N) is 4. The Morgan fingerprint density at radius 2 is 1.88 bits per heavy atom. The fraction of sp³-hybridized carbons (Fsp3) is 0.450. The number of fused-ring (bicyclic) bond motifs is 1. The van der Waals surface area contributed by atoms with Crippen LogP contribution in [0.3, 0.4) is 0 Å². The summed E-state index contributed by atoms with van der Waals surface area (Å²) in [5, 5.41) is 22.8. The number of aromatic nitrogens is 4. The van der Waals surface area contributed by atoms with E-state index in [4.69, 9.17) is 39.0 Å². The molecule has 21 nitrogen and oxygen atoms in total.